The lowest BCUT2D eigenvalue weighted by molar-refractivity contribution is 0.0698. The average Bonchev–Trinajstić information content (AvgIpc) is 3.08. The molecule has 0 unspecified atom stereocenters. The molecule has 0 spiro atoms. The molecule has 4 rings (SSSR count). The van der Waals surface area contributed by atoms with Gasteiger partial charge in [-0.05, 0) is 43.7 Å². The third-order valence-electron chi connectivity index (χ3n) is 5.32. The van der Waals surface area contributed by atoms with E-state index in [9.17, 15) is 9.18 Å². The maximum absolute atomic E-state index is 14.4. The number of hydrogen-bond donors (Lipinski definition) is 3. The molecule has 4 aromatic rings. The number of halogens is 1. The second-order valence-electron chi connectivity index (χ2n) is 7.39. The molecule has 7 nitrogen and oxygen atoms in total. The molecular formula is C23H22FN5O2. The zero-order valence-electron chi connectivity index (χ0n) is 17.2. The maximum Gasteiger partial charge on any atom is 0.337 e. The molecule has 2 aromatic carbocycles. The fourth-order valence-electron chi connectivity index (χ4n) is 3.71. The van der Waals surface area contributed by atoms with Crippen LogP contribution in [-0.2, 0) is 6.54 Å². The lowest BCUT2D eigenvalue weighted by Crippen LogP contribution is -2.13. The largest absolute Gasteiger partial charge is 0.478 e. The summed E-state index contributed by atoms with van der Waals surface area (Å²) in [5.74, 6) is -0.703. The Hall–Kier alpha value is -3.94. The number of nitrogens with one attached hydrogen (secondary N) is 1. The molecule has 0 fully saturated rings. The van der Waals surface area contributed by atoms with Crippen molar-refractivity contribution in [2.24, 2.45) is 0 Å². The van der Waals surface area contributed by atoms with Gasteiger partial charge in [0.25, 0.3) is 0 Å². The Morgan fingerprint density at radius 1 is 1.16 bits per heavy atom. The van der Waals surface area contributed by atoms with Gasteiger partial charge in [0.1, 0.15) is 18.0 Å². The smallest absolute Gasteiger partial charge is 0.337 e. The van der Waals surface area contributed by atoms with Crippen LogP contribution in [0.4, 0.5) is 15.9 Å². The summed E-state index contributed by atoms with van der Waals surface area (Å²) in [6.07, 6.45) is 1.43. The Labute approximate surface area is 178 Å². The number of carboxylic acid groups (broad SMARTS) is 1. The van der Waals surface area contributed by atoms with E-state index in [4.69, 9.17) is 10.8 Å². The molecule has 158 valence electrons. The first-order valence-corrected chi connectivity index (χ1v) is 9.79. The number of nitrogens with zero attached hydrogens (tertiary/aromatic N) is 3. The van der Waals surface area contributed by atoms with Gasteiger partial charge in [0.05, 0.1) is 16.8 Å². The van der Waals surface area contributed by atoms with Gasteiger partial charge in [0, 0.05) is 41.5 Å². The first-order chi connectivity index (χ1) is 14.8. The number of fused-ring (bicyclic) bond motifs is 1. The van der Waals surface area contributed by atoms with Crippen LogP contribution < -0.4 is 11.1 Å². The summed E-state index contributed by atoms with van der Waals surface area (Å²) in [7, 11) is 0. The van der Waals surface area contributed by atoms with Crippen LogP contribution in [-0.4, -0.2) is 32.2 Å². The number of nitrogen functional groups attached to an aromatic ring is 1. The Bertz CT molecular complexity index is 1300. The standard InChI is InChI=1S/C23H22FN5O2/c1-13-3-6-18(24)22-17(13)9-14(2)29(22)8-7-26-21-11-20(27-12-28-21)15-4-5-16(23(30)31)19(25)10-15/h3-6,9-12H,7-8,25H2,1-2H3,(H,30,31)(H,26,27,28). The molecule has 4 N–H and O–H groups in total. The summed E-state index contributed by atoms with van der Waals surface area (Å²) < 4.78 is 16.4. The lowest BCUT2D eigenvalue weighted by Gasteiger charge is -2.12. The van der Waals surface area contributed by atoms with Gasteiger partial charge < -0.3 is 20.7 Å². The van der Waals surface area contributed by atoms with Gasteiger partial charge in [0.2, 0.25) is 0 Å². The number of aromatic carboxylic acids is 1. The van der Waals surface area contributed by atoms with Crippen LogP contribution in [0.5, 0.6) is 0 Å². The summed E-state index contributed by atoms with van der Waals surface area (Å²) in [6.45, 7) is 5.04. The van der Waals surface area contributed by atoms with E-state index in [0.29, 0.717) is 35.7 Å². The lowest BCUT2D eigenvalue weighted by atomic mass is 10.1. The number of nitrogens with two attached hydrogens (primary N) is 1. The average molecular weight is 419 g/mol. The van der Waals surface area contributed by atoms with Gasteiger partial charge in [-0.25, -0.2) is 19.2 Å². The first-order valence-electron chi connectivity index (χ1n) is 9.79. The second kappa shape index (κ2) is 8.06. The highest BCUT2D eigenvalue weighted by molar-refractivity contribution is 5.94. The minimum atomic E-state index is -1.08. The minimum absolute atomic E-state index is 0.0490. The molecule has 0 atom stereocenters. The van der Waals surface area contributed by atoms with Gasteiger partial charge in [-0.3, -0.25) is 0 Å². The first kappa shape index (κ1) is 20.3. The number of anilines is 2. The van der Waals surface area contributed by atoms with Crippen LogP contribution in [0.15, 0.2) is 48.8 Å². The number of benzene rings is 2. The third kappa shape index (κ3) is 3.92. The molecule has 0 aliphatic rings. The van der Waals surface area contributed by atoms with Gasteiger partial charge in [-0.1, -0.05) is 12.1 Å². The van der Waals surface area contributed by atoms with E-state index < -0.39 is 5.97 Å². The highest BCUT2D eigenvalue weighted by Crippen LogP contribution is 2.26. The van der Waals surface area contributed by atoms with E-state index in [1.54, 1.807) is 24.3 Å². The van der Waals surface area contributed by atoms with Crippen LogP contribution in [0.1, 0.15) is 21.6 Å². The summed E-state index contributed by atoms with van der Waals surface area (Å²) in [5.41, 5.74) is 10.0. The van der Waals surface area contributed by atoms with Crippen LogP contribution in [0.25, 0.3) is 22.2 Å². The SMILES string of the molecule is Cc1ccc(F)c2c1cc(C)n2CCNc1cc(-c2ccc(C(=O)O)c(N)c2)ncn1. The van der Waals surface area contributed by atoms with Gasteiger partial charge in [0.15, 0.2) is 0 Å². The van der Waals surface area contributed by atoms with E-state index in [-0.39, 0.29) is 17.1 Å². The molecular weight excluding hydrogens is 397 g/mol. The molecule has 0 saturated heterocycles. The molecule has 31 heavy (non-hydrogen) atoms. The number of aryl methyl sites for hydroxylation is 2. The number of rotatable bonds is 6. The van der Waals surface area contributed by atoms with Crippen molar-refractivity contribution in [3.05, 3.63) is 71.4 Å². The van der Waals surface area contributed by atoms with Crippen molar-refractivity contribution in [3.63, 3.8) is 0 Å². The second-order valence-corrected chi connectivity index (χ2v) is 7.39. The van der Waals surface area contributed by atoms with Crippen LogP contribution in [0, 0.1) is 19.7 Å². The highest BCUT2D eigenvalue weighted by atomic mass is 19.1. The van der Waals surface area contributed by atoms with Crippen molar-refractivity contribution in [2.75, 3.05) is 17.6 Å². The Morgan fingerprint density at radius 2 is 1.97 bits per heavy atom. The fourth-order valence-corrected chi connectivity index (χ4v) is 3.71. The number of aromatic nitrogens is 3. The summed E-state index contributed by atoms with van der Waals surface area (Å²) in [5, 5.41) is 13.3. The van der Waals surface area contributed by atoms with Gasteiger partial charge >= 0.3 is 5.97 Å². The Kier molecular flexibility index (Phi) is 5.29. The van der Waals surface area contributed by atoms with Crippen molar-refractivity contribution < 1.29 is 14.3 Å². The topological polar surface area (TPSA) is 106 Å². The van der Waals surface area contributed by atoms with E-state index in [2.05, 4.69) is 15.3 Å². The van der Waals surface area contributed by atoms with E-state index in [0.717, 1.165) is 16.6 Å². The van der Waals surface area contributed by atoms with Crippen LogP contribution >= 0.6 is 0 Å². The highest BCUT2D eigenvalue weighted by Gasteiger charge is 2.13. The number of hydrogen-bond acceptors (Lipinski definition) is 5. The predicted molar refractivity (Wildman–Crippen MR) is 119 cm³/mol. The van der Waals surface area contributed by atoms with Crippen molar-refractivity contribution in [1.29, 1.82) is 0 Å². The molecule has 8 heteroatoms. The summed E-state index contributed by atoms with van der Waals surface area (Å²) >= 11 is 0. The normalized spacial score (nSPS) is 11.1. The maximum atomic E-state index is 14.4. The molecule has 0 saturated carbocycles. The minimum Gasteiger partial charge on any atom is -0.478 e. The predicted octanol–water partition coefficient (Wildman–Crippen LogP) is 4.25. The van der Waals surface area contributed by atoms with E-state index in [1.807, 2.05) is 24.5 Å². The van der Waals surface area contributed by atoms with Gasteiger partial charge in [-0.15, -0.1) is 0 Å². The van der Waals surface area contributed by atoms with Gasteiger partial charge in [-0.2, -0.15) is 0 Å². The fraction of sp³-hybridized carbons (Fsp3) is 0.174. The van der Waals surface area contributed by atoms with Crippen molar-refractivity contribution >= 4 is 28.4 Å². The Morgan fingerprint density at radius 3 is 2.71 bits per heavy atom. The number of carboxylic acids is 1. The summed E-state index contributed by atoms with van der Waals surface area (Å²) in [6, 6.07) is 11.8. The molecule has 2 aromatic heterocycles. The molecule has 0 aliphatic heterocycles. The van der Waals surface area contributed by atoms with Crippen molar-refractivity contribution in [3.8, 4) is 11.3 Å². The summed E-state index contributed by atoms with van der Waals surface area (Å²) in [4.78, 5) is 19.6. The van der Waals surface area contributed by atoms with E-state index >= 15 is 0 Å². The molecule has 0 aliphatic carbocycles. The zero-order chi connectivity index (χ0) is 22.1. The monoisotopic (exact) mass is 419 g/mol. The molecule has 0 radical (unpaired) electrons. The molecule has 2 heterocycles. The molecule has 0 bridgehead atoms. The van der Waals surface area contributed by atoms with Crippen molar-refractivity contribution in [2.45, 2.75) is 20.4 Å². The number of carbonyl (C=O) groups is 1. The van der Waals surface area contributed by atoms with Crippen molar-refractivity contribution in [1.82, 2.24) is 14.5 Å². The Balaban J connectivity index is 1.52. The zero-order valence-corrected chi connectivity index (χ0v) is 17.2. The van der Waals surface area contributed by atoms with Crippen LogP contribution in [0.2, 0.25) is 0 Å². The molecule has 0 amide bonds. The quantitative estimate of drug-likeness (QED) is 0.404. The third-order valence-corrected chi connectivity index (χ3v) is 5.32. The van der Waals surface area contributed by atoms with Crippen LogP contribution in [0.3, 0.4) is 0 Å². The van der Waals surface area contributed by atoms with E-state index in [1.165, 1.54) is 18.5 Å².